The van der Waals surface area contributed by atoms with E-state index in [1.165, 1.54) is 11.8 Å². The lowest BCUT2D eigenvalue weighted by molar-refractivity contribution is -0.141. The molecule has 0 aliphatic carbocycles. The predicted octanol–water partition coefficient (Wildman–Crippen LogP) is 3.27. The summed E-state index contributed by atoms with van der Waals surface area (Å²) in [5.41, 5.74) is 1.19. The molecule has 0 aliphatic heterocycles. The summed E-state index contributed by atoms with van der Waals surface area (Å²) >= 11 is 1.25. The first-order valence-corrected chi connectivity index (χ1v) is 8.95. The summed E-state index contributed by atoms with van der Waals surface area (Å²) in [5.74, 6) is 0.969. The van der Waals surface area contributed by atoms with Crippen molar-refractivity contribution in [3.05, 3.63) is 53.8 Å². The Kier molecular flexibility index (Phi) is 5.71. The van der Waals surface area contributed by atoms with E-state index in [-0.39, 0.29) is 18.3 Å². The van der Waals surface area contributed by atoms with Gasteiger partial charge in [-0.05, 0) is 25.1 Å². The molecule has 0 atom stereocenters. The third-order valence-electron chi connectivity index (χ3n) is 3.62. The molecule has 0 spiro atoms. The van der Waals surface area contributed by atoms with Crippen LogP contribution in [0.15, 0.2) is 52.2 Å². The maximum absolute atomic E-state index is 12.0. The SMILES string of the molecule is CCn1c(SCC(=O)OCc2ccccc2C#N)nnc1-c1ccco1. The number of aromatic nitrogens is 3. The molecule has 0 amide bonds. The van der Waals surface area contributed by atoms with E-state index in [4.69, 9.17) is 14.4 Å². The topological polar surface area (TPSA) is 93.9 Å². The molecule has 7 nitrogen and oxygen atoms in total. The van der Waals surface area contributed by atoms with Gasteiger partial charge in [-0.1, -0.05) is 30.0 Å². The number of esters is 1. The molecule has 132 valence electrons. The number of nitrogens with zero attached hydrogens (tertiary/aromatic N) is 4. The second-order valence-electron chi connectivity index (χ2n) is 5.25. The van der Waals surface area contributed by atoms with Gasteiger partial charge in [-0.3, -0.25) is 9.36 Å². The molecule has 0 fully saturated rings. The Balaban J connectivity index is 1.59. The zero-order valence-corrected chi connectivity index (χ0v) is 14.9. The largest absolute Gasteiger partial charge is 0.461 e. The first-order valence-electron chi connectivity index (χ1n) is 7.96. The molecule has 2 aromatic heterocycles. The van der Waals surface area contributed by atoms with Crippen molar-refractivity contribution in [2.45, 2.75) is 25.2 Å². The highest BCUT2D eigenvalue weighted by Gasteiger charge is 2.16. The molecule has 1 aromatic carbocycles. The molecule has 0 aliphatic rings. The van der Waals surface area contributed by atoms with E-state index >= 15 is 0 Å². The van der Waals surface area contributed by atoms with Crippen LogP contribution in [0.5, 0.6) is 0 Å². The lowest BCUT2D eigenvalue weighted by atomic mass is 10.1. The number of thioether (sulfide) groups is 1. The minimum Gasteiger partial charge on any atom is -0.461 e. The number of carbonyl (C=O) groups is 1. The highest BCUT2D eigenvalue weighted by molar-refractivity contribution is 7.99. The van der Waals surface area contributed by atoms with Crippen LogP contribution in [0.25, 0.3) is 11.6 Å². The van der Waals surface area contributed by atoms with E-state index in [9.17, 15) is 4.79 Å². The summed E-state index contributed by atoms with van der Waals surface area (Å²) in [6.07, 6.45) is 1.58. The van der Waals surface area contributed by atoms with Crippen LogP contribution in [0, 0.1) is 11.3 Å². The van der Waals surface area contributed by atoms with Gasteiger partial charge < -0.3 is 9.15 Å². The molecule has 0 saturated carbocycles. The van der Waals surface area contributed by atoms with Crippen molar-refractivity contribution < 1.29 is 13.9 Å². The van der Waals surface area contributed by atoms with Crippen LogP contribution in [0.4, 0.5) is 0 Å². The Bertz CT molecular complexity index is 928. The molecule has 26 heavy (non-hydrogen) atoms. The van der Waals surface area contributed by atoms with Crippen LogP contribution in [-0.4, -0.2) is 26.5 Å². The van der Waals surface area contributed by atoms with Crippen LogP contribution in [0.2, 0.25) is 0 Å². The van der Waals surface area contributed by atoms with E-state index < -0.39 is 0 Å². The van der Waals surface area contributed by atoms with Crippen molar-refractivity contribution in [2.75, 3.05) is 5.75 Å². The third kappa shape index (κ3) is 3.95. The van der Waals surface area contributed by atoms with E-state index in [2.05, 4.69) is 16.3 Å². The first-order chi connectivity index (χ1) is 12.7. The van der Waals surface area contributed by atoms with Gasteiger partial charge in [-0.15, -0.1) is 10.2 Å². The van der Waals surface area contributed by atoms with Crippen molar-refractivity contribution in [3.8, 4) is 17.7 Å². The van der Waals surface area contributed by atoms with Crippen molar-refractivity contribution in [1.82, 2.24) is 14.8 Å². The molecule has 0 unspecified atom stereocenters. The molecule has 2 heterocycles. The number of benzene rings is 1. The van der Waals surface area contributed by atoms with Crippen molar-refractivity contribution >= 4 is 17.7 Å². The van der Waals surface area contributed by atoms with E-state index in [0.717, 1.165) is 0 Å². The van der Waals surface area contributed by atoms with Crippen LogP contribution >= 0.6 is 11.8 Å². The summed E-state index contributed by atoms with van der Waals surface area (Å²) < 4.78 is 12.5. The highest BCUT2D eigenvalue weighted by Crippen LogP contribution is 2.24. The minimum atomic E-state index is -0.382. The lowest BCUT2D eigenvalue weighted by Gasteiger charge is -2.07. The summed E-state index contributed by atoms with van der Waals surface area (Å²) in [7, 11) is 0. The second-order valence-corrected chi connectivity index (χ2v) is 6.19. The van der Waals surface area contributed by atoms with Gasteiger partial charge in [0.1, 0.15) is 6.61 Å². The van der Waals surface area contributed by atoms with Gasteiger partial charge in [-0.2, -0.15) is 5.26 Å². The van der Waals surface area contributed by atoms with Gasteiger partial charge in [0, 0.05) is 12.1 Å². The third-order valence-corrected chi connectivity index (χ3v) is 4.56. The van der Waals surface area contributed by atoms with Crippen LogP contribution < -0.4 is 0 Å². The first kappa shape index (κ1) is 17.8. The van der Waals surface area contributed by atoms with E-state index in [0.29, 0.717) is 34.4 Å². The fourth-order valence-electron chi connectivity index (χ4n) is 2.35. The molecule has 8 heteroatoms. The normalized spacial score (nSPS) is 10.5. The summed E-state index contributed by atoms with van der Waals surface area (Å²) in [6.45, 7) is 2.69. The monoisotopic (exact) mass is 368 g/mol. The van der Waals surface area contributed by atoms with Crippen LogP contribution in [-0.2, 0) is 22.7 Å². The summed E-state index contributed by atoms with van der Waals surface area (Å²) in [4.78, 5) is 12.0. The number of nitriles is 1. The molecule has 3 aromatic rings. The fraction of sp³-hybridized carbons (Fsp3) is 0.222. The Morgan fingerprint density at radius 3 is 2.88 bits per heavy atom. The highest BCUT2D eigenvalue weighted by atomic mass is 32.2. The van der Waals surface area contributed by atoms with Gasteiger partial charge in [-0.25, -0.2) is 0 Å². The average molecular weight is 368 g/mol. The summed E-state index contributed by atoms with van der Waals surface area (Å²) in [5, 5.41) is 17.9. The fourth-order valence-corrected chi connectivity index (χ4v) is 3.15. The van der Waals surface area contributed by atoms with E-state index in [1.54, 1.807) is 36.6 Å². The lowest BCUT2D eigenvalue weighted by Crippen LogP contribution is -2.09. The molecule has 3 rings (SSSR count). The number of hydrogen-bond acceptors (Lipinski definition) is 7. The second kappa shape index (κ2) is 8.36. The molecule has 0 N–H and O–H groups in total. The zero-order valence-electron chi connectivity index (χ0n) is 14.1. The van der Waals surface area contributed by atoms with E-state index in [1.807, 2.05) is 17.6 Å². The van der Waals surface area contributed by atoms with Gasteiger partial charge in [0.15, 0.2) is 16.7 Å². The number of hydrogen-bond donors (Lipinski definition) is 0. The van der Waals surface area contributed by atoms with Gasteiger partial charge >= 0.3 is 5.97 Å². The standard InChI is InChI=1S/C18H16N4O3S/c1-2-22-17(15-8-5-9-24-15)20-21-18(22)26-12-16(23)25-11-14-7-4-3-6-13(14)10-19/h3-9H,2,11-12H2,1H3. The molecule has 0 saturated heterocycles. The molecular weight excluding hydrogens is 352 g/mol. The van der Waals surface area contributed by atoms with Crippen molar-refractivity contribution in [1.29, 1.82) is 5.26 Å². The Morgan fingerprint density at radius 1 is 1.31 bits per heavy atom. The quantitative estimate of drug-likeness (QED) is 0.466. The molecule has 0 radical (unpaired) electrons. The smallest absolute Gasteiger partial charge is 0.316 e. The Hall–Kier alpha value is -3.05. The maximum Gasteiger partial charge on any atom is 0.316 e. The Morgan fingerprint density at radius 2 is 2.15 bits per heavy atom. The number of ether oxygens (including phenoxy) is 1. The number of rotatable bonds is 7. The van der Waals surface area contributed by atoms with Crippen molar-refractivity contribution in [2.24, 2.45) is 0 Å². The van der Waals surface area contributed by atoms with Gasteiger partial charge in [0.05, 0.1) is 23.6 Å². The predicted molar refractivity (Wildman–Crippen MR) is 95.1 cm³/mol. The average Bonchev–Trinajstić information content (AvgIpc) is 3.33. The van der Waals surface area contributed by atoms with Crippen molar-refractivity contribution in [3.63, 3.8) is 0 Å². The maximum atomic E-state index is 12.0. The zero-order chi connectivity index (χ0) is 18.4. The number of carbonyl (C=O) groups excluding carboxylic acids is 1. The van der Waals surface area contributed by atoms with Gasteiger partial charge in [0.2, 0.25) is 0 Å². The van der Waals surface area contributed by atoms with Crippen LogP contribution in [0.3, 0.4) is 0 Å². The summed E-state index contributed by atoms with van der Waals surface area (Å²) in [6, 6.07) is 12.7. The Labute approximate surface area is 154 Å². The minimum absolute atomic E-state index is 0.0707. The molecule has 0 bridgehead atoms. The van der Waals surface area contributed by atoms with Gasteiger partial charge in [0.25, 0.3) is 0 Å². The number of furan rings is 1. The van der Waals surface area contributed by atoms with Crippen LogP contribution in [0.1, 0.15) is 18.1 Å². The molecular formula is C18H16N4O3S.